The smallest absolute Gasteiger partial charge is 0.270 e. The van der Waals surface area contributed by atoms with Crippen LogP contribution in [0.4, 0.5) is 5.69 Å². The molecule has 2 rings (SSSR count). The van der Waals surface area contributed by atoms with Crippen LogP contribution in [0.2, 0.25) is 5.02 Å². The quantitative estimate of drug-likeness (QED) is 0.656. The minimum absolute atomic E-state index is 0.00221. The predicted molar refractivity (Wildman–Crippen MR) is 71.6 cm³/mol. The summed E-state index contributed by atoms with van der Waals surface area (Å²) in [5, 5.41) is 13.3. The van der Waals surface area contributed by atoms with Gasteiger partial charge in [-0.05, 0) is 13.0 Å². The Morgan fingerprint density at radius 1 is 1.55 bits per heavy atom. The standard InChI is InChI=1S/C12H12ClN3O4/c1-7-11(17)14-4-5-15(7)12(18)9-3-2-8(16(19)20)6-10(9)13/h2-3,6-7H,4-5H2,1H3,(H,14,17)/t7-/m0/s1. The number of nitrogens with zero attached hydrogens (tertiary/aromatic N) is 2. The summed E-state index contributed by atoms with van der Waals surface area (Å²) in [6.07, 6.45) is 0. The number of nitro benzene ring substituents is 1. The lowest BCUT2D eigenvalue weighted by molar-refractivity contribution is -0.384. The van der Waals surface area contributed by atoms with Crippen LogP contribution in [0.15, 0.2) is 18.2 Å². The van der Waals surface area contributed by atoms with Crippen LogP contribution in [0, 0.1) is 10.1 Å². The molecule has 0 aliphatic carbocycles. The Morgan fingerprint density at radius 2 is 2.25 bits per heavy atom. The normalized spacial score (nSPS) is 18.6. The third-order valence-electron chi connectivity index (χ3n) is 3.15. The van der Waals surface area contributed by atoms with Crippen LogP contribution in [0.3, 0.4) is 0 Å². The lowest BCUT2D eigenvalue weighted by atomic mass is 10.1. The highest BCUT2D eigenvalue weighted by Crippen LogP contribution is 2.24. The van der Waals surface area contributed by atoms with Crippen molar-refractivity contribution in [1.29, 1.82) is 0 Å². The van der Waals surface area contributed by atoms with Gasteiger partial charge in [0, 0.05) is 25.2 Å². The molecule has 2 amide bonds. The van der Waals surface area contributed by atoms with Crippen LogP contribution in [0.25, 0.3) is 0 Å². The largest absolute Gasteiger partial charge is 0.353 e. The average molecular weight is 298 g/mol. The van der Waals surface area contributed by atoms with Gasteiger partial charge in [-0.15, -0.1) is 0 Å². The number of non-ortho nitro benzene ring substituents is 1. The van der Waals surface area contributed by atoms with Crippen LogP contribution in [0.1, 0.15) is 17.3 Å². The molecule has 1 aliphatic rings. The summed E-state index contributed by atoms with van der Waals surface area (Å²) < 4.78 is 0. The molecular formula is C12H12ClN3O4. The van der Waals surface area contributed by atoms with Crippen molar-refractivity contribution in [2.75, 3.05) is 13.1 Å². The summed E-state index contributed by atoms with van der Waals surface area (Å²) in [6.45, 7) is 2.37. The van der Waals surface area contributed by atoms with Crippen LogP contribution in [-0.4, -0.2) is 40.8 Å². The number of benzene rings is 1. The van der Waals surface area contributed by atoms with Gasteiger partial charge in [-0.3, -0.25) is 19.7 Å². The Bertz CT molecular complexity index is 590. The third-order valence-corrected chi connectivity index (χ3v) is 3.47. The second kappa shape index (κ2) is 5.46. The molecule has 1 atom stereocenters. The van der Waals surface area contributed by atoms with Crippen molar-refractivity contribution < 1.29 is 14.5 Å². The van der Waals surface area contributed by atoms with Gasteiger partial charge in [-0.1, -0.05) is 11.6 Å². The summed E-state index contributed by atoms with van der Waals surface area (Å²) >= 11 is 5.92. The minimum Gasteiger partial charge on any atom is -0.353 e. The monoisotopic (exact) mass is 297 g/mol. The Labute approximate surface area is 119 Å². The predicted octanol–water partition coefficient (Wildman–Crippen LogP) is 1.21. The van der Waals surface area contributed by atoms with Crippen LogP contribution in [0.5, 0.6) is 0 Å². The Hall–Kier alpha value is -2.15. The molecule has 1 saturated heterocycles. The molecule has 106 valence electrons. The van der Waals surface area contributed by atoms with Gasteiger partial charge < -0.3 is 10.2 Å². The molecular weight excluding hydrogens is 286 g/mol. The number of rotatable bonds is 2. The van der Waals surface area contributed by atoms with Crippen molar-refractivity contribution in [3.63, 3.8) is 0 Å². The van der Waals surface area contributed by atoms with E-state index >= 15 is 0 Å². The Balaban J connectivity index is 2.29. The number of nitrogens with one attached hydrogen (secondary N) is 1. The number of halogens is 1. The Kier molecular flexibility index (Phi) is 3.89. The molecule has 7 nitrogen and oxygen atoms in total. The molecule has 1 aromatic rings. The maximum absolute atomic E-state index is 12.3. The molecule has 1 heterocycles. The van der Waals surface area contributed by atoms with Gasteiger partial charge in [-0.2, -0.15) is 0 Å². The van der Waals surface area contributed by atoms with Crippen LogP contribution >= 0.6 is 11.6 Å². The fraction of sp³-hybridized carbons (Fsp3) is 0.333. The maximum atomic E-state index is 12.3. The van der Waals surface area contributed by atoms with Gasteiger partial charge in [0.1, 0.15) is 6.04 Å². The van der Waals surface area contributed by atoms with E-state index in [4.69, 9.17) is 11.6 Å². The van der Waals surface area contributed by atoms with Crippen molar-refractivity contribution in [2.24, 2.45) is 0 Å². The molecule has 0 radical (unpaired) electrons. The summed E-state index contributed by atoms with van der Waals surface area (Å²) in [6, 6.07) is 3.06. The fourth-order valence-electron chi connectivity index (χ4n) is 2.01. The number of carbonyl (C=O) groups is 2. The van der Waals surface area contributed by atoms with E-state index in [1.54, 1.807) is 6.92 Å². The van der Waals surface area contributed by atoms with Crippen molar-refractivity contribution in [1.82, 2.24) is 10.2 Å². The molecule has 0 spiro atoms. The molecule has 0 saturated carbocycles. The van der Waals surface area contributed by atoms with E-state index in [1.807, 2.05) is 0 Å². The number of piperazine rings is 1. The summed E-state index contributed by atoms with van der Waals surface area (Å²) in [5.74, 6) is -0.644. The maximum Gasteiger partial charge on any atom is 0.270 e. The van der Waals surface area contributed by atoms with Gasteiger partial charge in [0.05, 0.1) is 15.5 Å². The zero-order chi connectivity index (χ0) is 14.9. The van der Waals surface area contributed by atoms with E-state index < -0.39 is 16.9 Å². The summed E-state index contributed by atoms with van der Waals surface area (Å²) in [5.41, 5.74) is -0.0326. The number of amides is 2. The van der Waals surface area contributed by atoms with E-state index in [-0.39, 0.29) is 22.2 Å². The molecule has 1 aliphatic heterocycles. The zero-order valence-electron chi connectivity index (χ0n) is 10.6. The van der Waals surface area contributed by atoms with Gasteiger partial charge in [0.25, 0.3) is 11.6 Å². The van der Waals surface area contributed by atoms with E-state index in [1.165, 1.54) is 17.0 Å². The Morgan fingerprint density at radius 3 is 2.85 bits per heavy atom. The topological polar surface area (TPSA) is 92.6 Å². The second-order valence-electron chi connectivity index (χ2n) is 4.39. The molecule has 8 heteroatoms. The van der Waals surface area contributed by atoms with Crippen LogP contribution < -0.4 is 5.32 Å². The molecule has 0 unspecified atom stereocenters. The molecule has 0 bridgehead atoms. The molecule has 1 fully saturated rings. The third kappa shape index (κ3) is 2.57. The van der Waals surface area contributed by atoms with E-state index in [0.29, 0.717) is 13.1 Å². The van der Waals surface area contributed by atoms with Crippen molar-refractivity contribution in [3.8, 4) is 0 Å². The first-order valence-electron chi connectivity index (χ1n) is 5.94. The number of hydrogen-bond donors (Lipinski definition) is 1. The zero-order valence-corrected chi connectivity index (χ0v) is 11.4. The first kappa shape index (κ1) is 14.3. The second-order valence-corrected chi connectivity index (χ2v) is 4.79. The van der Waals surface area contributed by atoms with Gasteiger partial charge in [0.2, 0.25) is 5.91 Å². The van der Waals surface area contributed by atoms with Crippen molar-refractivity contribution in [3.05, 3.63) is 38.9 Å². The van der Waals surface area contributed by atoms with E-state index in [0.717, 1.165) is 6.07 Å². The van der Waals surface area contributed by atoms with Crippen molar-refractivity contribution >= 4 is 29.1 Å². The van der Waals surface area contributed by atoms with Gasteiger partial charge >= 0.3 is 0 Å². The summed E-state index contributed by atoms with van der Waals surface area (Å²) in [7, 11) is 0. The lowest BCUT2D eigenvalue weighted by Crippen LogP contribution is -2.55. The first-order valence-corrected chi connectivity index (χ1v) is 6.32. The number of carbonyl (C=O) groups excluding carboxylic acids is 2. The minimum atomic E-state index is -0.595. The van der Waals surface area contributed by atoms with E-state index in [9.17, 15) is 19.7 Å². The summed E-state index contributed by atoms with van der Waals surface area (Å²) in [4.78, 5) is 35.3. The van der Waals surface area contributed by atoms with Gasteiger partial charge in [-0.25, -0.2) is 0 Å². The lowest BCUT2D eigenvalue weighted by Gasteiger charge is -2.33. The molecule has 20 heavy (non-hydrogen) atoms. The van der Waals surface area contributed by atoms with Crippen molar-refractivity contribution in [2.45, 2.75) is 13.0 Å². The highest BCUT2D eigenvalue weighted by molar-refractivity contribution is 6.34. The van der Waals surface area contributed by atoms with Crippen LogP contribution in [-0.2, 0) is 4.79 Å². The van der Waals surface area contributed by atoms with Gasteiger partial charge in [0.15, 0.2) is 0 Å². The SMILES string of the molecule is C[C@H]1C(=O)NCCN1C(=O)c1ccc([N+](=O)[O-])cc1Cl. The first-order chi connectivity index (χ1) is 9.41. The van der Waals surface area contributed by atoms with E-state index in [2.05, 4.69) is 5.32 Å². The average Bonchev–Trinajstić information content (AvgIpc) is 2.41. The highest BCUT2D eigenvalue weighted by atomic mass is 35.5. The molecule has 0 aromatic heterocycles. The number of hydrogen-bond acceptors (Lipinski definition) is 4. The number of nitro groups is 1. The molecule has 1 aromatic carbocycles. The fourth-order valence-corrected chi connectivity index (χ4v) is 2.26. The molecule has 1 N–H and O–H groups in total. The highest BCUT2D eigenvalue weighted by Gasteiger charge is 2.31.